The highest BCUT2D eigenvalue weighted by molar-refractivity contribution is 9.10. The molecular weight excluding hydrogens is 562 g/mol. The van der Waals surface area contributed by atoms with Crippen molar-refractivity contribution in [2.24, 2.45) is 0 Å². The summed E-state index contributed by atoms with van der Waals surface area (Å²) >= 11 is 10.8. The Hall–Kier alpha value is -3.52. The molecule has 0 atom stereocenters. The minimum absolute atomic E-state index is 0.169. The fourth-order valence-corrected chi connectivity index (χ4v) is 5.43. The quantitative estimate of drug-likeness (QED) is 0.157. The maximum atomic E-state index is 13.5. The molecule has 0 amide bonds. The number of thiazole rings is 1. The number of hydrogen-bond acceptors (Lipinski definition) is 6. The average Bonchev–Trinajstić information content (AvgIpc) is 3.35. The first-order chi connectivity index (χ1) is 17.4. The zero-order valence-corrected chi connectivity index (χ0v) is 21.8. The molecule has 0 fully saturated rings. The van der Waals surface area contributed by atoms with E-state index in [0.29, 0.717) is 48.9 Å². The second kappa shape index (κ2) is 8.85. The zero-order valence-electron chi connectivity index (χ0n) is 18.7. The van der Waals surface area contributed by atoms with Gasteiger partial charge in [0, 0.05) is 20.4 Å². The van der Waals surface area contributed by atoms with Gasteiger partial charge in [0.2, 0.25) is 5.43 Å². The Balaban J connectivity index is 1.53. The van der Waals surface area contributed by atoms with Gasteiger partial charge in [0.1, 0.15) is 21.9 Å². The van der Waals surface area contributed by atoms with Crippen LogP contribution in [0.2, 0.25) is 5.02 Å². The van der Waals surface area contributed by atoms with Crippen molar-refractivity contribution in [1.29, 1.82) is 0 Å². The van der Waals surface area contributed by atoms with Crippen LogP contribution in [0.5, 0.6) is 0 Å². The van der Waals surface area contributed by atoms with Gasteiger partial charge in [-0.3, -0.25) is 4.79 Å². The zero-order chi connectivity index (χ0) is 25.0. The predicted octanol–water partition coefficient (Wildman–Crippen LogP) is 8.08. The van der Waals surface area contributed by atoms with Crippen molar-refractivity contribution in [3.05, 3.63) is 108 Å². The van der Waals surface area contributed by atoms with Gasteiger partial charge in [-0.1, -0.05) is 51.8 Å². The van der Waals surface area contributed by atoms with Gasteiger partial charge in [0.25, 0.3) is 0 Å². The molecule has 0 unspecified atom stereocenters. The predicted molar refractivity (Wildman–Crippen MR) is 148 cm³/mol. The van der Waals surface area contributed by atoms with Gasteiger partial charge in [-0.15, -0.1) is 11.3 Å². The van der Waals surface area contributed by atoms with E-state index < -0.39 is 5.63 Å². The fraction of sp³-hybridized carbons (Fsp3) is 0.0357. The first-order valence-corrected chi connectivity index (χ1v) is 13.0. The minimum Gasteiger partial charge on any atom is -0.460 e. The molecule has 8 heteroatoms. The highest BCUT2D eigenvalue weighted by atomic mass is 79.9. The maximum Gasteiger partial charge on any atom is 0.346 e. The van der Waals surface area contributed by atoms with Crippen molar-refractivity contribution in [2.75, 3.05) is 0 Å². The molecule has 3 heterocycles. The Kier molecular flexibility index (Phi) is 5.63. The molecule has 0 aliphatic rings. The van der Waals surface area contributed by atoms with Crippen molar-refractivity contribution in [3.8, 4) is 33.0 Å². The summed E-state index contributed by atoms with van der Waals surface area (Å²) in [5.41, 5.74) is 3.22. The van der Waals surface area contributed by atoms with E-state index in [9.17, 15) is 9.59 Å². The van der Waals surface area contributed by atoms with Crippen molar-refractivity contribution in [1.82, 2.24) is 4.98 Å². The number of nitrogens with zero attached hydrogens (tertiary/aromatic N) is 1. The lowest BCUT2D eigenvalue weighted by atomic mass is 10.0. The molecule has 5 nitrogen and oxygen atoms in total. The Labute approximate surface area is 221 Å². The van der Waals surface area contributed by atoms with Crippen LogP contribution >= 0.6 is 38.9 Å². The summed E-state index contributed by atoms with van der Waals surface area (Å²) in [7, 11) is 0. The molecule has 0 saturated carbocycles. The van der Waals surface area contributed by atoms with E-state index in [1.807, 2.05) is 29.6 Å². The average molecular weight is 577 g/mol. The molecule has 3 aromatic carbocycles. The van der Waals surface area contributed by atoms with Gasteiger partial charge in [0.05, 0.1) is 27.6 Å². The Morgan fingerprint density at radius 2 is 1.61 bits per heavy atom. The van der Waals surface area contributed by atoms with Crippen LogP contribution in [-0.2, 0) is 0 Å². The van der Waals surface area contributed by atoms with Crippen LogP contribution in [0.4, 0.5) is 0 Å². The van der Waals surface area contributed by atoms with Gasteiger partial charge in [-0.25, -0.2) is 9.78 Å². The van der Waals surface area contributed by atoms with E-state index in [2.05, 4.69) is 20.9 Å². The van der Waals surface area contributed by atoms with E-state index >= 15 is 0 Å². The number of benzene rings is 3. The second-order valence-corrected chi connectivity index (χ2v) is 10.4. The monoisotopic (exact) mass is 575 g/mol. The third-order valence-electron chi connectivity index (χ3n) is 5.95. The SMILES string of the molecule is Cc1oc2c(ccc3oc(=O)c(-c4nc(-c5ccc(Br)cc5)cs4)cc32)c(=O)c1-c1ccc(Cl)cc1. The molecule has 0 saturated heterocycles. The van der Waals surface area contributed by atoms with Crippen LogP contribution in [0.3, 0.4) is 0 Å². The first-order valence-electron chi connectivity index (χ1n) is 10.9. The fourth-order valence-electron chi connectivity index (χ4n) is 4.20. The van der Waals surface area contributed by atoms with Crippen LogP contribution in [0.25, 0.3) is 54.9 Å². The minimum atomic E-state index is -0.504. The normalized spacial score (nSPS) is 11.4. The summed E-state index contributed by atoms with van der Waals surface area (Å²) in [5, 5.41) is 3.93. The van der Waals surface area contributed by atoms with E-state index in [1.165, 1.54) is 11.3 Å². The van der Waals surface area contributed by atoms with Crippen molar-refractivity contribution < 1.29 is 8.83 Å². The molecule has 0 aliphatic carbocycles. The molecule has 0 spiro atoms. The molecule has 6 aromatic rings. The van der Waals surface area contributed by atoms with Crippen LogP contribution < -0.4 is 11.1 Å². The first kappa shape index (κ1) is 22.9. The molecule has 0 bridgehead atoms. The summed E-state index contributed by atoms with van der Waals surface area (Å²) in [4.78, 5) is 31.0. The van der Waals surface area contributed by atoms with Crippen LogP contribution in [0.15, 0.2) is 95.0 Å². The maximum absolute atomic E-state index is 13.5. The summed E-state index contributed by atoms with van der Waals surface area (Å²) in [5.74, 6) is 0.460. The van der Waals surface area contributed by atoms with Crippen molar-refractivity contribution in [3.63, 3.8) is 0 Å². The molecule has 0 radical (unpaired) electrons. The lowest BCUT2D eigenvalue weighted by Gasteiger charge is -2.09. The molecular formula is C28H15BrClNO4S. The Bertz CT molecular complexity index is 1900. The molecule has 6 rings (SSSR count). The number of rotatable bonds is 3. The summed E-state index contributed by atoms with van der Waals surface area (Å²) < 4.78 is 12.8. The molecule has 0 aliphatic heterocycles. The highest BCUT2D eigenvalue weighted by Gasteiger charge is 2.19. The van der Waals surface area contributed by atoms with Gasteiger partial charge < -0.3 is 8.83 Å². The Morgan fingerprint density at radius 1 is 0.889 bits per heavy atom. The summed E-state index contributed by atoms with van der Waals surface area (Å²) in [6.07, 6.45) is 0. The highest BCUT2D eigenvalue weighted by Crippen LogP contribution is 2.33. The lowest BCUT2D eigenvalue weighted by Crippen LogP contribution is -2.08. The van der Waals surface area contributed by atoms with Crippen LogP contribution in [0, 0.1) is 6.92 Å². The third kappa shape index (κ3) is 3.89. The summed E-state index contributed by atoms with van der Waals surface area (Å²) in [6.45, 7) is 1.74. The number of fused-ring (bicyclic) bond motifs is 3. The van der Waals surface area contributed by atoms with Crippen molar-refractivity contribution in [2.45, 2.75) is 6.92 Å². The van der Waals surface area contributed by atoms with Crippen LogP contribution in [0.1, 0.15) is 5.76 Å². The smallest absolute Gasteiger partial charge is 0.346 e. The molecule has 176 valence electrons. The molecule has 0 N–H and O–H groups in total. The number of aromatic nitrogens is 1. The van der Waals surface area contributed by atoms with Crippen LogP contribution in [-0.4, -0.2) is 4.98 Å². The lowest BCUT2D eigenvalue weighted by molar-refractivity contribution is 0.556. The van der Waals surface area contributed by atoms with Gasteiger partial charge in [-0.2, -0.15) is 0 Å². The third-order valence-corrected chi connectivity index (χ3v) is 7.61. The standard InChI is InChI=1S/C28H15BrClNO4S/c1-14-24(16-4-8-18(30)9-5-16)25(32)19-10-11-23-20(26(19)34-14)12-21(28(33)35-23)27-31-22(13-36-27)15-2-6-17(29)7-3-15/h2-13H,1H3. The van der Waals surface area contributed by atoms with Gasteiger partial charge >= 0.3 is 5.63 Å². The number of hydrogen-bond donors (Lipinski definition) is 0. The van der Waals surface area contributed by atoms with Gasteiger partial charge in [0.15, 0.2) is 0 Å². The summed E-state index contributed by atoms with van der Waals surface area (Å²) in [6, 6.07) is 19.8. The number of halogens is 2. The van der Waals surface area contributed by atoms with E-state index in [4.69, 9.17) is 20.4 Å². The topological polar surface area (TPSA) is 73.3 Å². The second-order valence-electron chi connectivity index (χ2n) is 8.22. The van der Waals surface area contributed by atoms with E-state index in [1.54, 1.807) is 49.4 Å². The largest absolute Gasteiger partial charge is 0.460 e. The Morgan fingerprint density at radius 3 is 2.36 bits per heavy atom. The van der Waals surface area contributed by atoms with Crippen molar-refractivity contribution >= 4 is 60.8 Å². The van der Waals surface area contributed by atoms with Gasteiger partial charge in [-0.05, 0) is 55.0 Å². The van der Waals surface area contributed by atoms with E-state index in [-0.39, 0.29) is 5.43 Å². The molecule has 36 heavy (non-hydrogen) atoms. The van der Waals surface area contributed by atoms with E-state index in [0.717, 1.165) is 21.3 Å². The number of aryl methyl sites for hydroxylation is 1. The molecule has 3 aromatic heterocycles.